The van der Waals surface area contributed by atoms with E-state index in [9.17, 15) is 0 Å². The zero-order valence-corrected chi connectivity index (χ0v) is 11.2. The highest BCUT2D eigenvalue weighted by Crippen LogP contribution is 2.14. The van der Waals surface area contributed by atoms with E-state index in [1.54, 1.807) is 7.11 Å². The number of hydrogen-bond acceptors (Lipinski definition) is 4. The number of methoxy groups -OCH3 is 1. The fourth-order valence-corrected chi connectivity index (χ4v) is 2.23. The van der Waals surface area contributed by atoms with E-state index >= 15 is 0 Å². The summed E-state index contributed by atoms with van der Waals surface area (Å²) >= 11 is 1.82. The van der Waals surface area contributed by atoms with Crippen molar-refractivity contribution < 1.29 is 4.74 Å². The minimum atomic E-state index is 0.291. The van der Waals surface area contributed by atoms with Crippen LogP contribution in [0.5, 0.6) is 0 Å². The lowest BCUT2D eigenvalue weighted by molar-refractivity contribution is 0.117. The van der Waals surface area contributed by atoms with Gasteiger partial charge in [-0.15, -0.1) is 11.3 Å². The van der Waals surface area contributed by atoms with Crippen LogP contribution in [-0.2, 0) is 11.3 Å². The van der Waals surface area contributed by atoms with Crippen molar-refractivity contribution in [3.05, 3.63) is 21.9 Å². The summed E-state index contributed by atoms with van der Waals surface area (Å²) in [4.78, 5) is 1.44. The third-order valence-electron chi connectivity index (χ3n) is 2.57. The molecule has 1 unspecified atom stereocenters. The molecule has 1 heterocycles. The van der Waals surface area contributed by atoms with E-state index in [2.05, 4.69) is 35.9 Å². The summed E-state index contributed by atoms with van der Waals surface area (Å²) in [6.45, 7) is 8.09. The van der Waals surface area contributed by atoms with Crippen molar-refractivity contribution in [2.24, 2.45) is 0 Å². The van der Waals surface area contributed by atoms with E-state index in [-0.39, 0.29) is 0 Å². The SMILES string of the molecule is COC(C)CNCCNCc1sccc1C. The largest absolute Gasteiger partial charge is 0.380 e. The van der Waals surface area contributed by atoms with Crippen LogP contribution in [0.1, 0.15) is 17.4 Å². The summed E-state index contributed by atoms with van der Waals surface area (Å²) in [5.74, 6) is 0. The first-order valence-electron chi connectivity index (χ1n) is 5.71. The van der Waals surface area contributed by atoms with Crippen molar-refractivity contribution >= 4 is 11.3 Å². The van der Waals surface area contributed by atoms with Crippen molar-refractivity contribution in [1.82, 2.24) is 10.6 Å². The van der Waals surface area contributed by atoms with Crippen LogP contribution < -0.4 is 10.6 Å². The maximum atomic E-state index is 5.15. The molecule has 0 saturated heterocycles. The number of ether oxygens (including phenoxy) is 1. The Morgan fingerprint density at radius 2 is 2.12 bits per heavy atom. The maximum absolute atomic E-state index is 5.15. The molecular weight excluding hydrogens is 220 g/mol. The van der Waals surface area contributed by atoms with E-state index in [1.165, 1.54) is 10.4 Å². The number of rotatable bonds is 8. The van der Waals surface area contributed by atoms with Crippen molar-refractivity contribution in [2.45, 2.75) is 26.5 Å². The molecule has 1 rings (SSSR count). The lowest BCUT2D eigenvalue weighted by Crippen LogP contribution is -2.32. The van der Waals surface area contributed by atoms with Crippen molar-refractivity contribution in [3.8, 4) is 0 Å². The van der Waals surface area contributed by atoms with Crippen molar-refractivity contribution in [2.75, 3.05) is 26.7 Å². The summed E-state index contributed by atoms with van der Waals surface area (Å²) in [6.07, 6.45) is 0.291. The van der Waals surface area contributed by atoms with Gasteiger partial charge in [0.15, 0.2) is 0 Å². The molecule has 0 aromatic carbocycles. The Hall–Kier alpha value is -0.420. The van der Waals surface area contributed by atoms with E-state index < -0.39 is 0 Å². The second kappa shape index (κ2) is 7.79. The van der Waals surface area contributed by atoms with Crippen LogP contribution in [-0.4, -0.2) is 32.8 Å². The molecule has 1 aromatic heterocycles. The smallest absolute Gasteiger partial charge is 0.0667 e. The van der Waals surface area contributed by atoms with Crippen LogP contribution in [0, 0.1) is 6.92 Å². The predicted octanol–water partition coefficient (Wildman–Crippen LogP) is 1.77. The average Bonchev–Trinajstić information content (AvgIpc) is 2.69. The summed E-state index contributed by atoms with van der Waals surface area (Å²) in [7, 11) is 1.74. The van der Waals surface area contributed by atoms with Gasteiger partial charge in [0, 0.05) is 38.2 Å². The molecule has 4 heteroatoms. The molecule has 0 bridgehead atoms. The molecule has 92 valence electrons. The molecule has 1 atom stereocenters. The highest BCUT2D eigenvalue weighted by atomic mass is 32.1. The molecule has 0 saturated carbocycles. The molecule has 0 radical (unpaired) electrons. The van der Waals surface area contributed by atoms with Crippen LogP contribution in [0.25, 0.3) is 0 Å². The van der Waals surface area contributed by atoms with E-state index in [0.717, 1.165) is 26.2 Å². The van der Waals surface area contributed by atoms with Crippen LogP contribution in [0.15, 0.2) is 11.4 Å². The third-order valence-corrected chi connectivity index (χ3v) is 3.59. The standard InChI is InChI=1S/C12H22N2OS/c1-10-4-7-16-12(10)9-14-6-5-13-8-11(2)15-3/h4,7,11,13-14H,5-6,8-9H2,1-3H3. The van der Waals surface area contributed by atoms with Gasteiger partial charge in [-0.25, -0.2) is 0 Å². The number of aryl methyl sites for hydroxylation is 1. The second-order valence-corrected chi connectivity index (χ2v) is 4.95. The molecule has 1 aromatic rings. The molecule has 0 spiro atoms. The molecule has 0 amide bonds. The van der Waals surface area contributed by atoms with Gasteiger partial charge in [-0.05, 0) is 30.9 Å². The molecule has 0 aliphatic carbocycles. The second-order valence-electron chi connectivity index (χ2n) is 3.95. The third kappa shape index (κ3) is 5.07. The average molecular weight is 242 g/mol. The summed E-state index contributed by atoms with van der Waals surface area (Å²) in [5.41, 5.74) is 1.39. The van der Waals surface area contributed by atoms with Gasteiger partial charge >= 0.3 is 0 Å². The summed E-state index contributed by atoms with van der Waals surface area (Å²) in [5, 5.41) is 8.92. The van der Waals surface area contributed by atoms with Gasteiger partial charge in [-0.2, -0.15) is 0 Å². The maximum Gasteiger partial charge on any atom is 0.0667 e. The van der Waals surface area contributed by atoms with E-state index in [1.807, 2.05) is 11.3 Å². The van der Waals surface area contributed by atoms with E-state index in [0.29, 0.717) is 6.10 Å². The Bertz CT molecular complexity index is 288. The number of thiophene rings is 1. The molecule has 0 aliphatic heterocycles. The monoisotopic (exact) mass is 242 g/mol. The molecule has 2 N–H and O–H groups in total. The highest BCUT2D eigenvalue weighted by molar-refractivity contribution is 7.10. The molecule has 16 heavy (non-hydrogen) atoms. The fourth-order valence-electron chi connectivity index (χ4n) is 1.35. The molecule has 0 aliphatic rings. The zero-order chi connectivity index (χ0) is 11.8. The Morgan fingerprint density at radius 1 is 1.38 bits per heavy atom. The first-order valence-corrected chi connectivity index (χ1v) is 6.59. The van der Waals surface area contributed by atoms with Gasteiger partial charge in [0.25, 0.3) is 0 Å². The van der Waals surface area contributed by atoms with Crippen LogP contribution in [0.2, 0.25) is 0 Å². The lowest BCUT2D eigenvalue weighted by Gasteiger charge is -2.10. The van der Waals surface area contributed by atoms with Crippen LogP contribution in [0.3, 0.4) is 0 Å². The Balaban J connectivity index is 1.98. The van der Waals surface area contributed by atoms with Gasteiger partial charge in [0.2, 0.25) is 0 Å². The first-order chi connectivity index (χ1) is 7.74. The summed E-state index contributed by atoms with van der Waals surface area (Å²) in [6, 6.07) is 2.17. The molecule has 3 nitrogen and oxygen atoms in total. The van der Waals surface area contributed by atoms with E-state index in [4.69, 9.17) is 4.74 Å². The quantitative estimate of drug-likeness (QED) is 0.682. The minimum Gasteiger partial charge on any atom is -0.380 e. The molecular formula is C12H22N2OS. The Labute approximate surface area is 102 Å². The Kier molecular flexibility index (Phi) is 6.64. The van der Waals surface area contributed by atoms with Crippen LogP contribution in [0.4, 0.5) is 0 Å². The van der Waals surface area contributed by atoms with Crippen LogP contribution >= 0.6 is 11.3 Å². The van der Waals surface area contributed by atoms with Crippen molar-refractivity contribution in [1.29, 1.82) is 0 Å². The minimum absolute atomic E-state index is 0.291. The zero-order valence-electron chi connectivity index (χ0n) is 10.4. The van der Waals surface area contributed by atoms with Gasteiger partial charge in [0.1, 0.15) is 0 Å². The number of hydrogen-bond donors (Lipinski definition) is 2. The normalized spacial score (nSPS) is 12.9. The highest BCUT2D eigenvalue weighted by Gasteiger charge is 1.99. The lowest BCUT2D eigenvalue weighted by atomic mass is 10.3. The predicted molar refractivity (Wildman–Crippen MR) is 70.1 cm³/mol. The summed E-state index contributed by atoms with van der Waals surface area (Å²) < 4.78 is 5.15. The van der Waals surface area contributed by atoms with Gasteiger partial charge in [0.05, 0.1) is 6.10 Å². The van der Waals surface area contributed by atoms with Gasteiger partial charge in [-0.3, -0.25) is 0 Å². The fraction of sp³-hybridized carbons (Fsp3) is 0.667. The molecule has 0 fully saturated rings. The first kappa shape index (κ1) is 13.6. The van der Waals surface area contributed by atoms with Crippen molar-refractivity contribution in [3.63, 3.8) is 0 Å². The number of nitrogens with one attached hydrogen (secondary N) is 2. The van der Waals surface area contributed by atoms with Gasteiger partial charge < -0.3 is 15.4 Å². The topological polar surface area (TPSA) is 33.3 Å². The van der Waals surface area contributed by atoms with Gasteiger partial charge in [-0.1, -0.05) is 0 Å². The Morgan fingerprint density at radius 3 is 2.75 bits per heavy atom.